The fourth-order valence-electron chi connectivity index (χ4n) is 3.60. The van der Waals surface area contributed by atoms with Crippen LogP contribution < -0.4 is 10.6 Å². The second-order valence-electron chi connectivity index (χ2n) is 5.87. The fraction of sp³-hybridized carbons (Fsp3) is 0.562. The molecule has 2 N–H and O–H groups in total. The molecule has 1 aromatic carbocycles. The lowest BCUT2D eigenvalue weighted by atomic mass is 10.1. The van der Waals surface area contributed by atoms with Crippen molar-refractivity contribution in [3.8, 4) is 0 Å². The van der Waals surface area contributed by atoms with Crippen molar-refractivity contribution in [2.75, 3.05) is 43.9 Å². The molecule has 2 heterocycles. The van der Waals surface area contributed by atoms with Gasteiger partial charge in [0.05, 0.1) is 24.0 Å². The summed E-state index contributed by atoms with van der Waals surface area (Å²) >= 11 is 0. The molecule has 0 amide bonds. The number of methoxy groups -OCH3 is 1. The van der Waals surface area contributed by atoms with Gasteiger partial charge in [-0.3, -0.25) is 4.90 Å². The first kappa shape index (κ1) is 14.2. The number of carbonyl (C=O) groups excluding carboxylic acids is 1. The van der Waals surface area contributed by atoms with E-state index >= 15 is 0 Å². The van der Waals surface area contributed by atoms with Gasteiger partial charge in [-0.1, -0.05) is 6.07 Å². The monoisotopic (exact) mass is 289 g/mol. The summed E-state index contributed by atoms with van der Waals surface area (Å²) in [4.78, 5) is 16.9. The van der Waals surface area contributed by atoms with Crippen LogP contribution in [0.15, 0.2) is 18.2 Å². The van der Waals surface area contributed by atoms with Crippen LogP contribution in [0.25, 0.3) is 0 Å². The number of benzene rings is 1. The van der Waals surface area contributed by atoms with Crippen LogP contribution in [-0.4, -0.2) is 50.2 Å². The topological polar surface area (TPSA) is 58.8 Å². The summed E-state index contributed by atoms with van der Waals surface area (Å²) in [6.07, 6.45) is 3.61. The van der Waals surface area contributed by atoms with E-state index in [2.05, 4.69) is 9.80 Å². The van der Waals surface area contributed by atoms with Crippen LogP contribution in [0.3, 0.4) is 0 Å². The zero-order valence-corrected chi connectivity index (χ0v) is 12.5. The summed E-state index contributed by atoms with van der Waals surface area (Å²) in [6, 6.07) is 6.05. The SMILES string of the molecule is COC(=O)c1cccc(N)c1N1CCCN2CCCC2C1. The molecule has 1 atom stereocenters. The summed E-state index contributed by atoms with van der Waals surface area (Å²) < 4.78 is 4.91. The predicted octanol–water partition coefficient (Wildman–Crippen LogP) is 1.73. The fourth-order valence-corrected chi connectivity index (χ4v) is 3.60. The van der Waals surface area contributed by atoms with Crippen molar-refractivity contribution in [2.45, 2.75) is 25.3 Å². The molecule has 2 fully saturated rings. The van der Waals surface area contributed by atoms with Crippen LogP contribution in [0.4, 0.5) is 11.4 Å². The van der Waals surface area contributed by atoms with E-state index < -0.39 is 0 Å². The zero-order valence-electron chi connectivity index (χ0n) is 12.5. The van der Waals surface area contributed by atoms with Gasteiger partial charge < -0.3 is 15.4 Å². The Morgan fingerprint density at radius 3 is 2.90 bits per heavy atom. The minimum Gasteiger partial charge on any atom is -0.465 e. The Balaban J connectivity index is 1.93. The molecule has 0 spiro atoms. The van der Waals surface area contributed by atoms with E-state index in [-0.39, 0.29) is 5.97 Å². The molecule has 1 unspecified atom stereocenters. The lowest BCUT2D eigenvalue weighted by Crippen LogP contribution is -2.37. The van der Waals surface area contributed by atoms with E-state index in [1.54, 1.807) is 6.07 Å². The van der Waals surface area contributed by atoms with E-state index in [0.29, 0.717) is 17.3 Å². The smallest absolute Gasteiger partial charge is 0.340 e. The quantitative estimate of drug-likeness (QED) is 0.664. The normalized spacial score (nSPS) is 22.7. The molecule has 2 saturated heterocycles. The molecule has 0 aromatic heterocycles. The summed E-state index contributed by atoms with van der Waals surface area (Å²) in [5.74, 6) is -0.315. The Bertz CT molecular complexity index is 532. The van der Waals surface area contributed by atoms with Gasteiger partial charge in [0.2, 0.25) is 0 Å². The zero-order chi connectivity index (χ0) is 14.8. The van der Waals surface area contributed by atoms with Gasteiger partial charge in [0, 0.05) is 25.7 Å². The van der Waals surface area contributed by atoms with Crippen LogP contribution in [0.5, 0.6) is 0 Å². The van der Waals surface area contributed by atoms with E-state index in [1.165, 1.54) is 26.5 Å². The number of ether oxygens (including phenoxy) is 1. The van der Waals surface area contributed by atoms with Gasteiger partial charge in [-0.15, -0.1) is 0 Å². The molecule has 114 valence electrons. The molecule has 5 heteroatoms. The largest absolute Gasteiger partial charge is 0.465 e. The minimum atomic E-state index is -0.315. The molecule has 0 bridgehead atoms. The standard InChI is InChI=1S/C16H23N3O2/c1-21-16(20)13-6-2-7-14(17)15(13)19-10-4-9-18-8-3-5-12(18)11-19/h2,6-7,12H,3-5,8-11,17H2,1H3. The van der Waals surface area contributed by atoms with Gasteiger partial charge >= 0.3 is 5.97 Å². The number of carbonyl (C=O) groups is 1. The number of nitrogen functional groups attached to an aromatic ring is 1. The average Bonchev–Trinajstić information content (AvgIpc) is 2.83. The molecule has 0 saturated carbocycles. The minimum absolute atomic E-state index is 0.315. The third-order valence-corrected chi connectivity index (χ3v) is 4.59. The number of para-hydroxylation sites is 1. The van der Waals surface area contributed by atoms with E-state index in [9.17, 15) is 4.79 Å². The highest BCUT2D eigenvalue weighted by Gasteiger charge is 2.30. The van der Waals surface area contributed by atoms with Gasteiger partial charge in [-0.2, -0.15) is 0 Å². The average molecular weight is 289 g/mol. The van der Waals surface area contributed by atoms with E-state index in [4.69, 9.17) is 10.5 Å². The molecule has 2 aliphatic rings. The number of nitrogens with zero attached hydrogens (tertiary/aromatic N) is 2. The third kappa shape index (κ3) is 2.70. The Kier molecular flexibility index (Phi) is 4.01. The van der Waals surface area contributed by atoms with Gasteiger partial charge in [0.1, 0.15) is 0 Å². The van der Waals surface area contributed by atoms with Crippen molar-refractivity contribution in [1.29, 1.82) is 0 Å². The molecule has 2 aliphatic heterocycles. The van der Waals surface area contributed by atoms with Gasteiger partial charge in [-0.25, -0.2) is 4.79 Å². The third-order valence-electron chi connectivity index (χ3n) is 4.59. The van der Waals surface area contributed by atoms with E-state index in [1.807, 2.05) is 12.1 Å². The maximum Gasteiger partial charge on any atom is 0.340 e. The summed E-state index contributed by atoms with van der Waals surface area (Å²) in [7, 11) is 1.41. The molecule has 0 aliphatic carbocycles. The van der Waals surface area contributed by atoms with Crippen LogP contribution in [0.2, 0.25) is 0 Å². The number of hydrogen-bond donors (Lipinski definition) is 1. The Labute approximate surface area is 125 Å². The number of fused-ring (bicyclic) bond motifs is 1. The van der Waals surface area contributed by atoms with Gasteiger partial charge in [0.25, 0.3) is 0 Å². The van der Waals surface area contributed by atoms with Crippen LogP contribution in [0, 0.1) is 0 Å². The summed E-state index contributed by atoms with van der Waals surface area (Å²) in [6.45, 7) is 4.22. The Morgan fingerprint density at radius 1 is 1.29 bits per heavy atom. The van der Waals surface area contributed by atoms with Crippen molar-refractivity contribution in [2.24, 2.45) is 0 Å². The molecule has 5 nitrogen and oxygen atoms in total. The molecular weight excluding hydrogens is 266 g/mol. The second kappa shape index (κ2) is 5.93. The highest BCUT2D eigenvalue weighted by Crippen LogP contribution is 2.32. The van der Waals surface area contributed by atoms with Crippen molar-refractivity contribution < 1.29 is 9.53 Å². The molecule has 3 rings (SSSR count). The maximum absolute atomic E-state index is 12.0. The van der Waals surface area contributed by atoms with Crippen LogP contribution >= 0.6 is 0 Å². The highest BCUT2D eigenvalue weighted by molar-refractivity contribution is 5.99. The second-order valence-corrected chi connectivity index (χ2v) is 5.87. The van der Waals surface area contributed by atoms with Crippen molar-refractivity contribution >= 4 is 17.3 Å². The number of rotatable bonds is 2. The predicted molar refractivity (Wildman–Crippen MR) is 83.6 cm³/mol. The number of hydrogen-bond acceptors (Lipinski definition) is 5. The maximum atomic E-state index is 12.0. The molecular formula is C16H23N3O2. The molecule has 21 heavy (non-hydrogen) atoms. The number of nitrogens with two attached hydrogens (primary N) is 1. The molecule has 0 radical (unpaired) electrons. The van der Waals surface area contributed by atoms with E-state index in [0.717, 1.165) is 31.7 Å². The molecule has 1 aromatic rings. The van der Waals surface area contributed by atoms with Crippen LogP contribution in [0.1, 0.15) is 29.6 Å². The Morgan fingerprint density at radius 2 is 2.10 bits per heavy atom. The first-order valence-corrected chi connectivity index (χ1v) is 7.66. The first-order valence-electron chi connectivity index (χ1n) is 7.66. The van der Waals surface area contributed by atoms with Crippen molar-refractivity contribution in [3.63, 3.8) is 0 Å². The first-order chi connectivity index (χ1) is 10.2. The van der Waals surface area contributed by atoms with Crippen molar-refractivity contribution in [1.82, 2.24) is 4.90 Å². The Hall–Kier alpha value is -1.75. The number of anilines is 2. The lowest BCUT2D eigenvalue weighted by molar-refractivity contribution is 0.0601. The highest BCUT2D eigenvalue weighted by atomic mass is 16.5. The van der Waals surface area contributed by atoms with Crippen LogP contribution in [-0.2, 0) is 4.74 Å². The van der Waals surface area contributed by atoms with Gasteiger partial charge in [0.15, 0.2) is 0 Å². The van der Waals surface area contributed by atoms with Crippen molar-refractivity contribution in [3.05, 3.63) is 23.8 Å². The summed E-state index contributed by atoms with van der Waals surface area (Å²) in [5, 5.41) is 0. The summed E-state index contributed by atoms with van der Waals surface area (Å²) in [5.41, 5.74) is 8.25. The number of esters is 1. The van der Waals surface area contributed by atoms with Gasteiger partial charge in [-0.05, 0) is 37.9 Å². The lowest BCUT2D eigenvalue weighted by Gasteiger charge is -2.29.